The largest absolute Gasteiger partial charge is 0.486 e. The molecular weight excluding hydrogens is 248 g/mol. The van der Waals surface area contributed by atoms with Gasteiger partial charge in [-0.2, -0.15) is 0 Å². The first-order chi connectivity index (χ1) is 8.74. The zero-order valence-electron chi connectivity index (χ0n) is 10.9. The van der Waals surface area contributed by atoms with Crippen LogP contribution in [-0.2, 0) is 0 Å². The second kappa shape index (κ2) is 6.39. The number of nitrogens with zero attached hydrogens (tertiary/aromatic N) is 1. The van der Waals surface area contributed by atoms with Crippen LogP contribution in [0.25, 0.3) is 0 Å². The van der Waals surface area contributed by atoms with Gasteiger partial charge in [-0.25, -0.2) is 0 Å². The van der Waals surface area contributed by atoms with E-state index in [4.69, 9.17) is 16.3 Å². The second-order valence-corrected chi connectivity index (χ2v) is 5.41. The molecule has 0 amide bonds. The summed E-state index contributed by atoms with van der Waals surface area (Å²) in [5.74, 6) is 0.790. The van der Waals surface area contributed by atoms with Gasteiger partial charge in [-0.05, 0) is 45.2 Å². The maximum absolute atomic E-state index is 6.11. The molecule has 1 heterocycles. The van der Waals surface area contributed by atoms with E-state index in [1.165, 1.54) is 12.8 Å². The molecule has 4 heteroatoms. The van der Waals surface area contributed by atoms with Crippen molar-refractivity contribution < 1.29 is 4.74 Å². The SMILES string of the molecule is CCCNCCC1(Oc2cncc(Cl)c2)CCC1. The fourth-order valence-corrected chi connectivity index (χ4v) is 2.45. The lowest BCUT2D eigenvalue weighted by Crippen LogP contribution is -2.45. The summed E-state index contributed by atoms with van der Waals surface area (Å²) in [7, 11) is 0. The van der Waals surface area contributed by atoms with E-state index in [9.17, 15) is 0 Å². The van der Waals surface area contributed by atoms with E-state index >= 15 is 0 Å². The molecule has 0 saturated heterocycles. The van der Waals surface area contributed by atoms with Crippen molar-refractivity contribution in [1.29, 1.82) is 0 Å². The predicted octanol–water partition coefficient (Wildman–Crippen LogP) is 3.43. The van der Waals surface area contributed by atoms with Gasteiger partial charge in [-0.3, -0.25) is 4.98 Å². The Morgan fingerprint density at radius 3 is 2.83 bits per heavy atom. The van der Waals surface area contributed by atoms with Gasteiger partial charge in [-0.1, -0.05) is 18.5 Å². The van der Waals surface area contributed by atoms with Crippen LogP contribution in [0.2, 0.25) is 5.02 Å². The molecule has 18 heavy (non-hydrogen) atoms. The Kier molecular flexibility index (Phi) is 4.84. The minimum absolute atomic E-state index is 0.00705. The molecule has 1 aromatic rings. The zero-order valence-corrected chi connectivity index (χ0v) is 11.7. The molecule has 0 radical (unpaired) electrons. The Balaban J connectivity index is 1.88. The Labute approximate surface area is 114 Å². The maximum Gasteiger partial charge on any atom is 0.139 e. The highest BCUT2D eigenvalue weighted by molar-refractivity contribution is 6.30. The first-order valence-corrected chi connectivity index (χ1v) is 7.12. The van der Waals surface area contributed by atoms with E-state index in [2.05, 4.69) is 17.2 Å². The molecule has 100 valence electrons. The summed E-state index contributed by atoms with van der Waals surface area (Å²) in [6.45, 7) is 4.27. The van der Waals surface area contributed by atoms with Crippen LogP contribution in [0.1, 0.15) is 39.0 Å². The highest BCUT2D eigenvalue weighted by Gasteiger charge is 2.38. The van der Waals surface area contributed by atoms with Gasteiger partial charge in [0.25, 0.3) is 0 Å². The van der Waals surface area contributed by atoms with Crippen molar-refractivity contribution in [2.75, 3.05) is 13.1 Å². The van der Waals surface area contributed by atoms with Crippen LogP contribution in [0.4, 0.5) is 0 Å². The lowest BCUT2D eigenvalue weighted by molar-refractivity contribution is -0.0144. The Morgan fingerprint density at radius 2 is 2.22 bits per heavy atom. The summed E-state index contributed by atoms with van der Waals surface area (Å²) < 4.78 is 6.11. The summed E-state index contributed by atoms with van der Waals surface area (Å²) >= 11 is 5.93. The molecule has 3 nitrogen and oxygen atoms in total. The van der Waals surface area contributed by atoms with Crippen LogP contribution in [0.3, 0.4) is 0 Å². The number of hydrogen-bond acceptors (Lipinski definition) is 3. The molecule has 2 rings (SSSR count). The summed E-state index contributed by atoms with van der Waals surface area (Å²) in [5.41, 5.74) is 0.00705. The molecule has 1 aliphatic rings. The van der Waals surface area contributed by atoms with E-state index < -0.39 is 0 Å². The van der Waals surface area contributed by atoms with Gasteiger partial charge in [0.2, 0.25) is 0 Å². The quantitative estimate of drug-likeness (QED) is 0.770. The Bertz CT molecular complexity index is 380. The van der Waals surface area contributed by atoms with Crippen molar-refractivity contribution >= 4 is 11.6 Å². The smallest absolute Gasteiger partial charge is 0.139 e. The molecule has 0 aliphatic heterocycles. The predicted molar refractivity (Wildman–Crippen MR) is 74.2 cm³/mol. The van der Waals surface area contributed by atoms with Crippen molar-refractivity contribution in [3.63, 3.8) is 0 Å². The van der Waals surface area contributed by atoms with Gasteiger partial charge < -0.3 is 10.1 Å². The molecule has 1 saturated carbocycles. The summed E-state index contributed by atoms with van der Waals surface area (Å²) in [6.07, 6.45) is 9.12. The number of hydrogen-bond donors (Lipinski definition) is 1. The van der Waals surface area contributed by atoms with Gasteiger partial charge in [-0.15, -0.1) is 0 Å². The molecule has 0 bridgehead atoms. The standard InChI is InChI=1S/C14H21ClN2O/c1-2-7-16-8-6-14(4-3-5-14)18-13-9-12(15)10-17-11-13/h9-11,16H,2-8H2,1H3. The van der Waals surface area contributed by atoms with Gasteiger partial charge in [0.15, 0.2) is 0 Å². The van der Waals surface area contributed by atoms with Crippen LogP contribution in [0, 0.1) is 0 Å². The summed E-state index contributed by atoms with van der Waals surface area (Å²) in [4.78, 5) is 4.06. The molecule has 1 N–H and O–H groups in total. The van der Waals surface area contributed by atoms with Crippen molar-refractivity contribution in [3.05, 3.63) is 23.5 Å². The van der Waals surface area contributed by atoms with E-state index in [1.54, 1.807) is 12.4 Å². The number of ether oxygens (including phenoxy) is 1. The lowest BCUT2D eigenvalue weighted by Gasteiger charge is -2.42. The third-order valence-electron chi connectivity index (χ3n) is 3.46. The second-order valence-electron chi connectivity index (χ2n) is 4.98. The van der Waals surface area contributed by atoms with Crippen molar-refractivity contribution in [3.8, 4) is 5.75 Å². The van der Waals surface area contributed by atoms with Crippen LogP contribution >= 0.6 is 11.6 Å². The normalized spacial score (nSPS) is 17.2. The summed E-state index contributed by atoms with van der Waals surface area (Å²) in [6, 6.07) is 1.84. The van der Waals surface area contributed by atoms with E-state index in [1.807, 2.05) is 6.07 Å². The third-order valence-corrected chi connectivity index (χ3v) is 3.67. The van der Waals surface area contributed by atoms with E-state index in [-0.39, 0.29) is 5.60 Å². The molecular formula is C14H21ClN2O. The van der Waals surface area contributed by atoms with Gasteiger partial charge in [0.05, 0.1) is 11.2 Å². The van der Waals surface area contributed by atoms with Gasteiger partial charge in [0.1, 0.15) is 11.4 Å². The number of nitrogens with one attached hydrogen (secondary N) is 1. The first-order valence-electron chi connectivity index (χ1n) is 6.74. The number of halogens is 1. The number of pyridine rings is 1. The topological polar surface area (TPSA) is 34.1 Å². The Hall–Kier alpha value is -0.800. The van der Waals surface area contributed by atoms with E-state index in [0.717, 1.165) is 38.1 Å². The van der Waals surface area contributed by atoms with Gasteiger partial charge >= 0.3 is 0 Å². The van der Waals surface area contributed by atoms with Crippen LogP contribution < -0.4 is 10.1 Å². The average molecular weight is 269 g/mol. The molecule has 0 unspecified atom stereocenters. The molecule has 0 spiro atoms. The van der Waals surface area contributed by atoms with Crippen LogP contribution in [0.5, 0.6) is 5.75 Å². The average Bonchev–Trinajstić information content (AvgIpc) is 2.31. The van der Waals surface area contributed by atoms with Crippen molar-refractivity contribution in [2.24, 2.45) is 0 Å². The highest BCUT2D eigenvalue weighted by atomic mass is 35.5. The van der Waals surface area contributed by atoms with E-state index in [0.29, 0.717) is 5.02 Å². The maximum atomic E-state index is 6.11. The molecule has 0 aromatic carbocycles. The highest BCUT2D eigenvalue weighted by Crippen LogP contribution is 2.39. The molecule has 1 fully saturated rings. The fourth-order valence-electron chi connectivity index (χ4n) is 2.29. The zero-order chi connectivity index (χ0) is 12.8. The minimum atomic E-state index is 0.00705. The number of aromatic nitrogens is 1. The monoisotopic (exact) mass is 268 g/mol. The third kappa shape index (κ3) is 3.59. The lowest BCUT2D eigenvalue weighted by atomic mass is 9.77. The molecule has 0 atom stereocenters. The fraction of sp³-hybridized carbons (Fsp3) is 0.643. The van der Waals surface area contributed by atoms with Crippen LogP contribution in [-0.4, -0.2) is 23.7 Å². The van der Waals surface area contributed by atoms with Crippen LogP contribution in [0.15, 0.2) is 18.5 Å². The number of rotatable bonds is 7. The Morgan fingerprint density at radius 1 is 1.39 bits per heavy atom. The first kappa shape index (κ1) is 13.6. The molecule has 1 aromatic heterocycles. The molecule has 1 aliphatic carbocycles. The van der Waals surface area contributed by atoms with Gasteiger partial charge in [0, 0.05) is 12.3 Å². The summed E-state index contributed by atoms with van der Waals surface area (Å²) in [5, 5.41) is 4.07. The van der Waals surface area contributed by atoms with Crippen molar-refractivity contribution in [2.45, 2.75) is 44.6 Å². The van der Waals surface area contributed by atoms with Crippen molar-refractivity contribution in [1.82, 2.24) is 10.3 Å². The minimum Gasteiger partial charge on any atom is -0.486 e.